The highest BCUT2D eigenvalue weighted by atomic mass is 15.1. The van der Waals surface area contributed by atoms with Gasteiger partial charge in [0.1, 0.15) is 0 Å². The largest absolute Gasteiger partial charge is 0.370 e. The first kappa shape index (κ1) is 14.6. The smallest absolute Gasteiger partial charge is 0.0426 e. The molecule has 2 heteroatoms. The molecule has 0 saturated heterocycles. The lowest BCUT2D eigenvalue weighted by Crippen LogP contribution is -2.18. The zero-order valence-electron chi connectivity index (χ0n) is 12.9. The van der Waals surface area contributed by atoms with Crippen molar-refractivity contribution in [3.63, 3.8) is 0 Å². The first-order valence-electron chi connectivity index (χ1n) is 7.08. The van der Waals surface area contributed by atoms with E-state index >= 15 is 0 Å². The lowest BCUT2D eigenvalue weighted by atomic mass is 10.0. The van der Waals surface area contributed by atoms with E-state index in [2.05, 4.69) is 69.1 Å². The van der Waals surface area contributed by atoms with Crippen molar-refractivity contribution in [2.24, 2.45) is 5.73 Å². The Balaban J connectivity index is 2.19. The van der Waals surface area contributed by atoms with Crippen LogP contribution >= 0.6 is 0 Å². The van der Waals surface area contributed by atoms with Crippen LogP contribution in [0.3, 0.4) is 0 Å². The molecule has 0 radical (unpaired) electrons. The topological polar surface area (TPSA) is 29.3 Å². The highest BCUT2D eigenvalue weighted by Gasteiger charge is 2.08. The van der Waals surface area contributed by atoms with Gasteiger partial charge < -0.3 is 10.6 Å². The van der Waals surface area contributed by atoms with E-state index in [1.165, 1.54) is 33.5 Å². The van der Waals surface area contributed by atoms with Crippen LogP contribution in [0.15, 0.2) is 36.4 Å². The Morgan fingerprint density at radius 2 is 1.45 bits per heavy atom. The molecule has 0 fully saturated rings. The van der Waals surface area contributed by atoms with Gasteiger partial charge in [-0.2, -0.15) is 0 Å². The molecule has 20 heavy (non-hydrogen) atoms. The van der Waals surface area contributed by atoms with Crippen molar-refractivity contribution in [2.75, 3.05) is 11.9 Å². The molecule has 0 aliphatic heterocycles. The number of hydrogen-bond donors (Lipinski definition) is 1. The first-order chi connectivity index (χ1) is 9.52. The van der Waals surface area contributed by atoms with Crippen molar-refractivity contribution in [1.29, 1.82) is 0 Å². The molecule has 2 nitrogen and oxygen atoms in total. The molecule has 2 aromatic rings. The molecule has 0 atom stereocenters. The van der Waals surface area contributed by atoms with Crippen LogP contribution in [0.4, 0.5) is 5.69 Å². The van der Waals surface area contributed by atoms with Gasteiger partial charge in [-0.3, -0.25) is 0 Å². The zero-order chi connectivity index (χ0) is 14.7. The number of aryl methyl sites for hydroxylation is 1. The summed E-state index contributed by atoms with van der Waals surface area (Å²) >= 11 is 0. The molecule has 2 aromatic carbocycles. The van der Waals surface area contributed by atoms with Crippen molar-refractivity contribution in [2.45, 2.75) is 33.9 Å². The summed E-state index contributed by atoms with van der Waals surface area (Å²) in [6.07, 6.45) is 0. The summed E-state index contributed by atoms with van der Waals surface area (Å²) in [6.45, 7) is 8.07. The van der Waals surface area contributed by atoms with Gasteiger partial charge in [0.25, 0.3) is 0 Å². The number of nitrogens with zero attached hydrogens (tertiary/aromatic N) is 1. The average Bonchev–Trinajstić information content (AvgIpc) is 2.45. The maximum Gasteiger partial charge on any atom is 0.0426 e. The predicted molar refractivity (Wildman–Crippen MR) is 87.1 cm³/mol. The van der Waals surface area contributed by atoms with Crippen LogP contribution in [-0.4, -0.2) is 7.05 Å². The van der Waals surface area contributed by atoms with Gasteiger partial charge in [-0.1, -0.05) is 30.3 Å². The van der Waals surface area contributed by atoms with E-state index in [4.69, 9.17) is 5.73 Å². The summed E-state index contributed by atoms with van der Waals surface area (Å²) in [4.78, 5) is 2.30. The minimum Gasteiger partial charge on any atom is -0.370 e. The number of rotatable bonds is 4. The van der Waals surface area contributed by atoms with Gasteiger partial charge in [0, 0.05) is 25.8 Å². The van der Waals surface area contributed by atoms with Crippen LogP contribution < -0.4 is 10.6 Å². The maximum atomic E-state index is 5.63. The summed E-state index contributed by atoms with van der Waals surface area (Å²) in [6, 6.07) is 13.0. The maximum absolute atomic E-state index is 5.63. The fourth-order valence-electron chi connectivity index (χ4n) is 2.50. The molecule has 0 spiro atoms. The first-order valence-corrected chi connectivity index (χ1v) is 7.08. The number of hydrogen-bond acceptors (Lipinski definition) is 2. The third-order valence-corrected chi connectivity index (χ3v) is 4.12. The monoisotopic (exact) mass is 268 g/mol. The Hall–Kier alpha value is -1.80. The second-order valence-electron chi connectivity index (χ2n) is 5.53. The predicted octanol–water partition coefficient (Wildman–Crippen LogP) is 3.71. The molecule has 0 bridgehead atoms. The summed E-state index contributed by atoms with van der Waals surface area (Å²) in [5.41, 5.74) is 13.5. The molecule has 0 amide bonds. The van der Waals surface area contributed by atoms with Crippen LogP contribution in [0.2, 0.25) is 0 Å². The molecule has 0 heterocycles. The quantitative estimate of drug-likeness (QED) is 0.916. The molecule has 0 aliphatic carbocycles. The van der Waals surface area contributed by atoms with E-state index in [0.717, 1.165) is 6.54 Å². The SMILES string of the molecule is Cc1ccc(N(C)Cc2ccc(CN)cc2)c(C)c1C. The van der Waals surface area contributed by atoms with Gasteiger partial charge in [0.15, 0.2) is 0 Å². The van der Waals surface area contributed by atoms with Crippen LogP contribution in [0, 0.1) is 20.8 Å². The van der Waals surface area contributed by atoms with E-state index in [0.29, 0.717) is 6.54 Å². The third kappa shape index (κ3) is 3.02. The van der Waals surface area contributed by atoms with Crippen molar-refractivity contribution in [3.8, 4) is 0 Å². The fourth-order valence-corrected chi connectivity index (χ4v) is 2.50. The summed E-state index contributed by atoms with van der Waals surface area (Å²) in [5.74, 6) is 0. The molecule has 0 saturated carbocycles. The molecule has 106 valence electrons. The molecule has 0 unspecified atom stereocenters. The van der Waals surface area contributed by atoms with E-state index in [-0.39, 0.29) is 0 Å². The minimum absolute atomic E-state index is 0.604. The Bertz CT molecular complexity index is 585. The van der Waals surface area contributed by atoms with Crippen molar-refractivity contribution >= 4 is 5.69 Å². The highest BCUT2D eigenvalue weighted by molar-refractivity contribution is 5.57. The fraction of sp³-hybridized carbons (Fsp3) is 0.333. The molecule has 2 N–H and O–H groups in total. The van der Waals surface area contributed by atoms with E-state index in [9.17, 15) is 0 Å². The molecular formula is C18H24N2. The number of anilines is 1. The van der Waals surface area contributed by atoms with Gasteiger partial charge in [0.2, 0.25) is 0 Å². The Morgan fingerprint density at radius 3 is 2.05 bits per heavy atom. The van der Waals surface area contributed by atoms with Crippen molar-refractivity contribution in [1.82, 2.24) is 0 Å². The standard InChI is InChI=1S/C18H24N2/c1-13-5-10-18(15(3)14(13)2)20(4)12-17-8-6-16(11-19)7-9-17/h5-10H,11-12,19H2,1-4H3. The van der Waals surface area contributed by atoms with E-state index in [1.54, 1.807) is 0 Å². The minimum atomic E-state index is 0.604. The summed E-state index contributed by atoms with van der Waals surface area (Å²) < 4.78 is 0. The second kappa shape index (κ2) is 6.10. The summed E-state index contributed by atoms with van der Waals surface area (Å²) in [5, 5.41) is 0. The van der Waals surface area contributed by atoms with Gasteiger partial charge in [-0.15, -0.1) is 0 Å². The molecule has 0 aliphatic rings. The lowest BCUT2D eigenvalue weighted by molar-refractivity contribution is 0.912. The Labute approximate surface area is 122 Å². The van der Waals surface area contributed by atoms with E-state index < -0.39 is 0 Å². The van der Waals surface area contributed by atoms with Gasteiger partial charge in [0.05, 0.1) is 0 Å². The second-order valence-corrected chi connectivity index (χ2v) is 5.53. The number of nitrogens with two attached hydrogens (primary N) is 1. The van der Waals surface area contributed by atoms with Crippen LogP contribution in [-0.2, 0) is 13.1 Å². The molecule has 0 aromatic heterocycles. The van der Waals surface area contributed by atoms with Crippen LogP contribution in [0.25, 0.3) is 0 Å². The van der Waals surface area contributed by atoms with E-state index in [1.807, 2.05) is 0 Å². The number of benzene rings is 2. The zero-order valence-corrected chi connectivity index (χ0v) is 12.9. The molecule has 2 rings (SSSR count). The lowest BCUT2D eigenvalue weighted by Gasteiger charge is -2.23. The van der Waals surface area contributed by atoms with Gasteiger partial charge in [-0.25, -0.2) is 0 Å². The Kier molecular flexibility index (Phi) is 4.46. The van der Waals surface area contributed by atoms with Crippen molar-refractivity contribution in [3.05, 3.63) is 64.2 Å². The van der Waals surface area contributed by atoms with Crippen LogP contribution in [0.5, 0.6) is 0 Å². The molecular weight excluding hydrogens is 244 g/mol. The Morgan fingerprint density at radius 1 is 0.850 bits per heavy atom. The van der Waals surface area contributed by atoms with Crippen molar-refractivity contribution < 1.29 is 0 Å². The van der Waals surface area contributed by atoms with Crippen LogP contribution in [0.1, 0.15) is 27.8 Å². The normalized spacial score (nSPS) is 10.7. The average molecular weight is 268 g/mol. The van der Waals surface area contributed by atoms with Gasteiger partial charge >= 0.3 is 0 Å². The van der Waals surface area contributed by atoms with Gasteiger partial charge in [-0.05, 0) is 54.7 Å². The third-order valence-electron chi connectivity index (χ3n) is 4.12. The highest BCUT2D eigenvalue weighted by Crippen LogP contribution is 2.25. The summed E-state index contributed by atoms with van der Waals surface area (Å²) in [7, 11) is 2.15.